The molecule has 0 aliphatic heterocycles. The second kappa shape index (κ2) is 8.41. The van der Waals surface area contributed by atoms with Gasteiger partial charge in [0.25, 0.3) is 11.4 Å². The molecule has 0 aliphatic rings. The summed E-state index contributed by atoms with van der Waals surface area (Å²) in [6.07, 6.45) is 3.53. The predicted molar refractivity (Wildman–Crippen MR) is 113 cm³/mol. The number of nitro benzene ring substituents is 1. The molecule has 0 spiro atoms. The molecule has 3 rings (SSSR count). The number of aliphatic hydroxyl groups excluding tert-OH is 1. The normalized spacial score (nSPS) is 11.5. The number of aliphatic hydroxyl groups is 1. The van der Waals surface area contributed by atoms with Gasteiger partial charge in [-0.2, -0.15) is 4.57 Å². The quantitative estimate of drug-likeness (QED) is 0.167. The van der Waals surface area contributed by atoms with Gasteiger partial charge in [-0.25, -0.2) is 0 Å². The molecule has 2 aromatic carbocycles. The number of nitrogens with one attached hydrogen (secondary N) is 1. The molecule has 2 N–H and O–H groups in total. The van der Waals surface area contributed by atoms with Gasteiger partial charge >= 0.3 is 0 Å². The molecule has 140 valence electrons. The summed E-state index contributed by atoms with van der Waals surface area (Å²) in [4.78, 5) is 10.7. The lowest BCUT2D eigenvalue weighted by atomic mass is 10.1. The number of pyridine rings is 1. The van der Waals surface area contributed by atoms with E-state index in [-0.39, 0.29) is 11.4 Å². The van der Waals surface area contributed by atoms with Crippen LogP contribution in [0.25, 0.3) is 11.5 Å². The second-order valence-corrected chi connectivity index (χ2v) is 6.52. The average molecular weight is 392 g/mol. The minimum Gasteiger partial charge on any atom is -0.502 e. The largest absolute Gasteiger partial charge is 0.502 e. The molecule has 0 aliphatic carbocycles. The molecule has 0 radical (unpaired) electrons. The van der Waals surface area contributed by atoms with Crippen molar-refractivity contribution in [2.24, 2.45) is 0 Å². The molecule has 1 aromatic heterocycles. The molecule has 6 nitrogen and oxygen atoms in total. The van der Waals surface area contributed by atoms with E-state index in [1.165, 1.54) is 24.3 Å². The van der Waals surface area contributed by atoms with Crippen molar-refractivity contribution < 1.29 is 14.6 Å². The summed E-state index contributed by atoms with van der Waals surface area (Å²) in [5.41, 5.74) is 2.61. The fourth-order valence-corrected chi connectivity index (χ4v) is 3.01. The summed E-state index contributed by atoms with van der Waals surface area (Å²) in [5, 5.41) is 24.9. The van der Waals surface area contributed by atoms with Gasteiger partial charge in [-0.15, -0.1) is 0 Å². The van der Waals surface area contributed by atoms with E-state index in [0.29, 0.717) is 16.2 Å². The Kier molecular flexibility index (Phi) is 5.76. The molecule has 1 heterocycles. The Morgan fingerprint density at radius 1 is 1.07 bits per heavy atom. The van der Waals surface area contributed by atoms with Crippen LogP contribution in [0.1, 0.15) is 11.1 Å². The Balaban J connectivity index is 2.04. The van der Waals surface area contributed by atoms with Crippen molar-refractivity contribution >= 4 is 40.0 Å². The Labute approximate surface area is 167 Å². The fraction of sp³-hybridized carbons (Fsp3) is 0.0476. The number of rotatable bonds is 5. The molecule has 28 heavy (non-hydrogen) atoms. The smallest absolute Gasteiger partial charge is 0.288 e. The molecule has 0 saturated heterocycles. The maximum Gasteiger partial charge on any atom is 0.288 e. The number of benzene rings is 2. The van der Waals surface area contributed by atoms with Crippen LogP contribution in [0.4, 0.5) is 11.4 Å². The van der Waals surface area contributed by atoms with Crippen LogP contribution in [-0.2, 0) is 0 Å². The van der Waals surface area contributed by atoms with Crippen LogP contribution >= 0.6 is 12.2 Å². The molecular weight excluding hydrogens is 374 g/mol. The lowest BCUT2D eigenvalue weighted by Crippen LogP contribution is -2.38. The van der Waals surface area contributed by atoms with Gasteiger partial charge in [-0.1, -0.05) is 30.4 Å². The van der Waals surface area contributed by atoms with E-state index < -0.39 is 4.92 Å². The van der Waals surface area contributed by atoms with Crippen molar-refractivity contribution in [2.75, 3.05) is 5.32 Å². The third-order valence-corrected chi connectivity index (χ3v) is 4.34. The number of aryl methyl sites for hydroxylation is 1. The lowest BCUT2D eigenvalue weighted by molar-refractivity contribution is -0.575. The van der Waals surface area contributed by atoms with Gasteiger partial charge in [0.05, 0.1) is 4.92 Å². The van der Waals surface area contributed by atoms with Gasteiger partial charge in [0.2, 0.25) is 0 Å². The molecule has 0 amide bonds. The van der Waals surface area contributed by atoms with Gasteiger partial charge < -0.3 is 10.4 Å². The first kappa shape index (κ1) is 19.2. The molecule has 0 fully saturated rings. The summed E-state index contributed by atoms with van der Waals surface area (Å²) < 4.78 is 1.70. The Morgan fingerprint density at radius 2 is 1.75 bits per heavy atom. The molecular formula is C21H18N3O3S+. The number of thiocarbonyl (C=S) groups is 1. The number of nitro groups is 1. The predicted octanol–water partition coefficient (Wildman–Crippen LogP) is 4.51. The Hall–Kier alpha value is -3.58. The molecule has 0 saturated carbocycles. The fourth-order valence-electron chi connectivity index (χ4n) is 2.69. The topological polar surface area (TPSA) is 79.3 Å². The van der Waals surface area contributed by atoms with E-state index in [4.69, 9.17) is 12.2 Å². The van der Waals surface area contributed by atoms with Crippen molar-refractivity contribution in [1.82, 2.24) is 0 Å². The molecule has 0 unspecified atom stereocenters. The van der Waals surface area contributed by atoms with Crippen LogP contribution in [0.3, 0.4) is 0 Å². The zero-order valence-electron chi connectivity index (χ0n) is 15.1. The zero-order valence-corrected chi connectivity index (χ0v) is 15.9. The highest BCUT2D eigenvalue weighted by Gasteiger charge is 2.24. The van der Waals surface area contributed by atoms with Gasteiger partial charge in [0.15, 0.2) is 23.1 Å². The maximum absolute atomic E-state index is 10.9. The van der Waals surface area contributed by atoms with Crippen molar-refractivity contribution in [3.63, 3.8) is 0 Å². The minimum absolute atomic E-state index is 0.0501. The number of nitrogens with zero attached hydrogens (tertiary/aromatic N) is 2. The molecule has 0 atom stereocenters. The number of hydrogen-bond acceptors (Lipinski definition) is 4. The lowest BCUT2D eigenvalue weighted by Gasteiger charge is -2.10. The highest BCUT2D eigenvalue weighted by atomic mass is 32.1. The van der Waals surface area contributed by atoms with Gasteiger partial charge in [-0.05, 0) is 36.8 Å². The SMILES string of the molecule is Cc1cccc(NC(=S)/C(=C(\O)c2ccc([N+](=O)[O-])cc2)[n+]2ccccc2)c1. The zero-order chi connectivity index (χ0) is 20.1. The highest BCUT2D eigenvalue weighted by molar-refractivity contribution is 7.81. The first-order valence-corrected chi connectivity index (χ1v) is 8.89. The molecule has 7 heteroatoms. The summed E-state index contributed by atoms with van der Waals surface area (Å²) in [6.45, 7) is 1.98. The molecule has 3 aromatic rings. The van der Waals surface area contributed by atoms with E-state index in [1.54, 1.807) is 17.0 Å². The van der Waals surface area contributed by atoms with E-state index in [0.717, 1.165) is 11.3 Å². The van der Waals surface area contributed by atoms with E-state index >= 15 is 0 Å². The van der Waals surface area contributed by atoms with Crippen LogP contribution < -0.4 is 9.88 Å². The highest BCUT2D eigenvalue weighted by Crippen LogP contribution is 2.22. The Morgan fingerprint density at radius 3 is 2.36 bits per heavy atom. The first-order valence-electron chi connectivity index (χ1n) is 8.48. The maximum atomic E-state index is 10.9. The van der Waals surface area contributed by atoms with Crippen molar-refractivity contribution in [3.8, 4) is 0 Å². The Bertz CT molecular complexity index is 1050. The van der Waals surface area contributed by atoms with Gasteiger partial charge in [-0.3, -0.25) is 10.1 Å². The summed E-state index contributed by atoms with van der Waals surface area (Å²) in [5.74, 6) is -0.0868. The monoisotopic (exact) mass is 392 g/mol. The third-order valence-electron chi connectivity index (χ3n) is 4.04. The average Bonchev–Trinajstić information content (AvgIpc) is 2.69. The van der Waals surface area contributed by atoms with E-state index in [9.17, 15) is 15.2 Å². The minimum atomic E-state index is -0.485. The van der Waals surface area contributed by atoms with Crippen molar-refractivity contribution in [1.29, 1.82) is 0 Å². The standard InChI is InChI=1S/C21H17N3O3S/c1-15-6-5-7-17(14-15)22-21(28)19(23-12-3-2-4-13-23)20(25)16-8-10-18(11-9-16)24(26)27/h2-14H,1H3,(H-,22,25,28)/p+1. The number of aromatic nitrogens is 1. The van der Waals surface area contributed by atoms with Gasteiger partial charge in [0.1, 0.15) is 0 Å². The summed E-state index contributed by atoms with van der Waals surface area (Å²) >= 11 is 5.57. The van der Waals surface area contributed by atoms with Gasteiger partial charge in [0, 0.05) is 35.5 Å². The van der Waals surface area contributed by atoms with Crippen molar-refractivity contribution in [3.05, 3.63) is 100 Å². The number of non-ortho nitro benzene ring substituents is 1. The number of anilines is 1. The second-order valence-electron chi connectivity index (χ2n) is 6.11. The summed E-state index contributed by atoms with van der Waals surface area (Å²) in [6, 6.07) is 18.9. The van der Waals surface area contributed by atoms with Crippen molar-refractivity contribution in [2.45, 2.75) is 6.92 Å². The van der Waals surface area contributed by atoms with Crippen LogP contribution in [0.15, 0.2) is 79.1 Å². The summed E-state index contributed by atoms with van der Waals surface area (Å²) in [7, 11) is 0. The van der Waals surface area contributed by atoms with Crippen LogP contribution in [0.2, 0.25) is 0 Å². The van der Waals surface area contributed by atoms with Crippen LogP contribution in [0, 0.1) is 17.0 Å². The van der Waals surface area contributed by atoms with Crippen LogP contribution in [0.5, 0.6) is 0 Å². The molecule has 0 bridgehead atoms. The third kappa shape index (κ3) is 4.39. The first-order chi connectivity index (χ1) is 13.5. The number of hydrogen-bond donors (Lipinski definition) is 2. The van der Waals surface area contributed by atoms with Crippen LogP contribution in [-0.4, -0.2) is 15.0 Å². The van der Waals surface area contributed by atoms with E-state index in [1.807, 2.05) is 49.4 Å². The van der Waals surface area contributed by atoms with E-state index in [2.05, 4.69) is 5.32 Å².